The molecule has 21 heteroatoms. The minimum absolute atomic E-state index is 0.0131. The first kappa shape index (κ1) is 40.6. The fourth-order valence-corrected chi connectivity index (χ4v) is 10.6. The molecule has 0 spiro atoms. The molecule has 0 saturated heterocycles. The van der Waals surface area contributed by atoms with Crippen LogP contribution in [-0.2, 0) is 14.9 Å². The topological polar surface area (TPSA) is 133 Å². The summed E-state index contributed by atoms with van der Waals surface area (Å²) in [6.45, 7) is 1.58. The highest BCUT2D eigenvalue weighted by Gasteiger charge is 2.76. The number of ether oxygens (including phenoxy) is 3. The molecule has 0 fully saturated rings. The summed E-state index contributed by atoms with van der Waals surface area (Å²) >= 11 is 9.52. The van der Waals surface area contributed by atoms with Crippen LogP contribution in [0.25, 0.3) is 0 Å². The standard InChI is InChI=1S/C26H13F6I5O9S/c1-10-2-14(33)6-16(35)19(10)44-21(38)11-3-12(22(39)45-20-17(36)7-15(34)8-18(20)37)5-13(4-11)23(40)46-24(25(27,28)29,26(30,31)32)9-47(41,42)43/h2-8H,9H2,1H3,(H,41,42,43). The van der Waals surface area contributed by atoms with Gasteiger partial charge in [-0.3, -0.25) is 4.55 Å². The summed E-state index contributed by atoms with van der Waals surface area (Å²) in [7, 11) is -6.08. The van der Waals surface area contributed by atoms with E-state index in [1.807, 2.05) is 113 Å². The maximum atomic E-state index is 13.9. The van der Waals surface area contributed by atoms with E-state index < -0.39 is 68.4 Å². The van der Waals surface area contributed by atoms with Crippen LogP contribution in [0.4, 0.5) is 26.3 Å². The molecule has 254 valence electrons. The lowest BCUT2D eigenvalue weighted by Gasteiger charge is -2.35. The van der Waals surface area contributed by atoms with E-state index in [4.69, 9.17) is 14.0 Å². The molecule has 0 radical (unpaired) electrons. The molecule has 0 atom stereocenters. The number of hydrogen-bond donors (Lipinski definition) is 1. The Labute approximate surface area is 329 Å². The predicted molar refractivity (Wildman–Crippen MR) is 194 cm³/mol. The quantitative estimate of drug-likeness (QED) is 0.0777. The van der Waals surface area contributed by atoms with Gasteiger partial charge in [0, 0.05) is 7.14 Å². The molecule has 3 aromatic carbocycles. The predicted octanol–water partition coefficient (Wildman–Crippen LogP) is 8.36. The number of esters is 3. The van der Waals surface area contributed by atoms with E-state index in [0.29, 0.717) is 28.4 Å². The molecular formula is C26H13F6I5O9S. The van der Waals surface area contributed by atoms with Crippen molar-refractivity contribution in [1.82, 2.24) is 0 Å². The van der Waals surface area contributed by atoms with E-state index in [9.17, 15) is 49.1 Å². The number of benzene rings is 3. The van der Waals surface area contributed by atoms with E-state index >= 15 is 0 Å². The maximum Gasteiger partial charge on any atom is 0.438 e. The van der Waals surface area contributed by atoms with Crippen molar-refractivity contribution in [1.29, 1.82) is 0 Å². The van der Waals surface area contributed by atoms with Crippen LogP contribution in [0, 0.1) is 24.8 Å². The summed E-state index contributed by atoms with van der Waals surface area (Å²) in [5, 5.41) is 0. The molecule has 0 aliphatic rings. The molecule has 47 heavy (non-hydrogen) atoms. The van der Waals surface area contributed by atoms with Crippen molar-refractivity contribution < 1.29 is 67.9 Å². The van der Waals surface area contributed by atoms with Gasteiger partial charge in [-0.2, -0.15) is 34.8 Å². The first-order valence-electron chi connectivity index (χ1n) is 11.9. The van der Waals surface area contributed by atoms with Crippen LogP contribution in [0.2, 0.25) is 0 Å². The molecule has 3 aromatic rings. The second-order valence-electron chi connectivity index (χ2n) is 9.25. The SMILES string of the molecule is Cc1cc(I)cc(I)c1OC(=O)c1cc(C(=O)Oc2c(I)cc(I)cc2I)cc(C(=O)OC(CS(=O)(=O)O)(C(F)(F)F)C(F)(F)F)c1. The fraction of sp³-hybridized carbons (Fsp3) is 0.192. The van der Waals surface area contributed by atoms with E-state index in [2.05, 4.69) is 4.74 Å². The number of hydrogen-bond acceptors (Lipinski definition) is 8. The van der Waals surface area contributed by atoms with Crippen molar-refractivity contribution in [3.8, 4) is 11.5 Å². The second-order valence-corrected chi connectivity index (χ2v) is 16.7. The zero-order valence-electron chi connectivity index (χ0n) is 22.5. The minimum atomic E-state index is -6.62. The second kappa shape index (κ2) is 15.2. The number of alkyl halides is 6. The van der Waals surface area contributed by atoms with Crippen LogP contribution >= 0.6 is 113 Å². The third-order valence-corrected chi connectivity index (χ3v) is 10.2. The summed E-state index contributed by atoms with van der Waals surface area (Å²) in [6, 6.07) is 8.29. The minimum Gasteiger partial charge on any atom is -0.435 e. The summed E-state index contributed by atoms with van der Waals surface area (Å²) in [5.41, 5.74) is -7.92. The Morgan fingerprint density at radius 3 is 1.40 bits per heavy atom. The van der Waals surface area contributed by atoms with Crippen molar-refractivity contribution >= 4 is 141 Å². The van der Waals surface area contributed by atoms with Crippen LogP contribution in [-0.4, -0.2) is 54.6 Å². The number of rotatable bonds is 8. The van der Waals surface area contributed by atoms with Gasteiger partial charge in [0.25, 0.3) is 10.1 Å². The van der Waals surface area contributed by atoms with Crippen molar-refractivity contribution in [2.24, 2.45) is 0 Å². The monoisotopic (exact) mass is 1250 g/mol. The lowest BCUT2D eigenvalue weighted by atomic mass is 10.0. The average Bonchev–Trinajstić information content (AvgIpc) is 2.89. The summed E-state index contributed by atoms with van der Waals surface area (Å²) in [6.07, 6.45) is -13.2. The number of halogens is 11. The van der Waals surface area contributed by atoms with Crippen LogP contribution in [0.5, 0.6) is 11.5 Å². The lowest BCUT2D eigenvalue weighted by molar-refractivity contribution is -0.356. The Morgan fingerprint density at radius 1 is 0.660 bits per heavy atom. The van der Waals surface area contributed by atoms with Gasteiger partial charge in [-0.25, -0.2) is 14.4 Å². The Morgan fingerprint density at radius 2 is 1.02 bits per heavy atom. The Hall–Kier alpha value is -0.790. The third-order valence-electron chi connectivity index (χ3n) is 5.76. The van der Waals surface area contributed by atoms with Crippen LogP contribution in [0.3, 0.4) is 0 Å². The summed E-state index contributed by atoms with van der Waals surface area (Å²) in [5.74, 6) is -8.13. The molecule has 0 bridgehead atoms. The Balaban J connectivity index is 2.19. The molecule has 0 heterocycles. The smallest absolute Gasteiger partial charge is 0.435 e. The van der Waals surface area contributed by atoms with Crippen molar-refractivity contribution in [3.05, 3.63) is 82.6 Å². The molecule has 0 saturated carbocycles. The first-order valence-corrected chi connectivity index (χ1v) is 18.9. The average molecular weight is 1250 g/mol. The maximum absolute atomic E-state index is 13.9. The zero-order valence-corrected chi connectivity index (χ0v) is 34.1. The van der Waals surface area contributed by atoms with E-state index in [1.165, 1.54) is 0 Å². The molecule has 0 aliphatic carbocycles. The summed E-state index contributed by atoms with van der Waals surface area (Å²) < 4.78 is 132. The highest BCUT2D eigenvalue weighted by molar-refractivity contribution is 14.1. The molecular weight excluding hydrogens is 1240 g/mol. The fourth-order valence-electron chi connectivity index (χ4n) is 3.67. The first-order chi connectivity index (χ1) is 21.3. The van der Waals surface area contributed by atoms with Gasteiger partial charge in [-0.15, -0.1) is 0 Å². The third kappa shape index (κ3) is 9.93. The largest absolute Gasteiger partial charge is 0.438 e. The highest BCUT2D eigenvalue weighted by Crippen LogP contribution is 2.47. The van der Waals surface area contributed by atoms with Crippen LogP contribution < -0.4 is 9.47 Å². The Bertz CT molecular complexity index is 1730. The van der Waals surface area contributed by atoms with Gasteiger partial charge in [-0.1, -0.05) is 0 Å². The van der Waals surface area contributed by atoms with Gasteiger partial charge in [0.15, 0.2) is 5.75 Å². The Kier molecular flexibility index (Phi) is 13.2. The number of carbonyl (C=O) groups excluding carboxylic acids is 3. The van der Waals surface area contributed by atoms with Gasteiger partial charge in [0.2, 0.25) is 0 Å². The molecule has 9 nitrogen and oxygen atoms in total. The van der Waals surface area contributed by atoms with E-state index in [1.54, 1.807) is 31.2 Å². The van der Waals surface area contributed by atoms with Crippen molar-refractivity contribution in [2.45, 2.75) is 24.9 Å². The molecule has 0 unspecified atom stereocenters. The van der Waals surface area contributed by atoms with Gasteiger partial charge < -0.3 is 14.2 Å². The van der Waals surface area contributed by atoms with E-state index in [0.717, 1.165) is 13.2 Å². The molecule has 1 N–H and O–H groups in total. The van der Waals surface area contributed by atoms with Gasteiger partial charge in [0.05, 0.1) is 27.4 Å². The number of aryl methyl sites for hydroxylation is 1. The number of carbonyl (C=O) groups is 3. The lowest BCUT2D eigenvalue weighted by Crippen LogP contribution is -2.63. The normalized spacial score (nSPS) is 12.4. The van der Waals surface area contributed by atoms with Crippen LogP contribution in [0.1, 0.15) is 36.6 Å². The van der Waals surface area contributed by atoms with Crippen LogP contribution in [0.15, 0.2) is 42.5 Å². The molecule has 0 aliphatic heterocycles. The molecule has 0 amide bonds. The zero-order chi connectivity index (χ0) is 35.9. The molecule has 3 rings (SSSR count). The highest BCUT2D eigenvalue weighted by atomic mass is 127. The van der Waals surface area contributed by atoms with Gasteiger partial charge in [0.1, 0.15) is 11.5 Å². The molecule has 0 aromatic heterocycles. The summed E-state index contributed by atoms with van der Waals surface area (Å²) in [4.78, 5) is 39.5. The van der Waals surface area contributed by atoms with E-state index in [-0.39, 0.29) is 11.5 Å². The van der Waals surface area contributed by atoms with Gasteiger partial charge >= 0.3 is 35.9 Å². The van der Waals surface area contributed by atoms with Crippen molar-refractivity contribution in [2.75, 3.05) is 5.75 Å². The van der Waals surface area contributed by atoms with Gasteiger partial charge in [-0.05, 0) is 168 Å². The van der Waals surface area contributed by atoms with Crippen molar-refractivity contribution in [3.63, 3.8) is 0 Å².